The number of ketones is 1. The lowest BCUT2D eigenvalue weighted by atomic mass is 9.79. The van der Waals surface area contributed by atoms with E-state index < -0.39 is 24.3 Å². The Balaban J connectivity index is 2.05. The van der Waals surface area contributed by atoms with Gasteiger partial charge in [0.2, 0.25) is 0 Å². The number of hydrogen-bond acceptors (Lipinski definition) is 6. The fourth-order valence-corrected chi connectivity index (χ4v) is 4.08. The van der Waals surface area contributed by atoms with E-state index in [4.69, 9.17) is 9.47 Å². The first-order valence-corrected chi connectivity index (χ1v) is 7.72. The van der Waals surface area contributed by atoms with Gasteiger partial charge in [-0.25, -0.2) is 4.79 Å². The Kier molecular flexibility index (Phi) is 3.78. The number of carbonyl (C=O) groups is 3. The zero-order valence-electron chi connectivity index (χ0n) is 13.6. The van der Waals surface area contributed by atoms with Crippen LogP contribution < -0.4 is 0 Å². The van der Waals surface area contributed by atoms with Crippen molar-refractivity contribution >= 4 is 17.9 Å². The highest BCUT2D eigenvalue weighted by Gasteiger charge is 2.55. The Morgan fingerprint density at radius 3 is 2.65 bits per heavy atom. The molecule has 2 aliphatic carbocycles. The topological polar surface area (TPSA) is 78.9 Å². The number of allylic oxidation sites excluding steroid dienone is 1. The third-order valence-corrected chi connectivity index (χ3v) is 5.15. The highest BCUT2D eigenvalue weighted by molar-refractivity contribution is 6.09. The second-order valence-corrected chi connectivity index (χ2v) is 6.51. The Morgan fingerprint density at radius 2 is 2.00 bits per heavy atom. The van der Waals surface area contributed by atoms with Crippen LogP contribution in [0, 0.1) is 17.8 Å². The minimum Gasteiger partial charge on any atom is -0.461 e. The second kappa shape index (κ2) is 5.51. The molecule has 3 rings (SSSR count). The third kappa shape index (κ3) is 2.36. The molecule has 0 unspecified atom stereocenters. The molecule has 0 amide bonds. The van der Waals surface area contributed by atoms with Crippen LogP contribution in [0.4, 0.5) is 4.79 Å². The Bertz CT molecular complexity index is 643. The predicted molar refractivity (Wildman–Crippen MR) is 79.4 cm³/mol. The van der Waals surface area contributed by atoms with Crippen LogP contribution in [-0.2, 0) is 23.8 Å². The largest absolute Gasteiger partial charge is 0.508 e. The minimum atomic E-state index is -0.788. The summed E-state index contributed by atoms with van der Waals surface area (Å²) in [6, 6.07) is 0. The van der Waals surface area contributed by atoms with Gasteiger partial charge in [-0.2, -0.15) is 0 Å². The van der Waals surface area contributed by atoms with E-state index in [1.54, 1.807) is 13.0 Å². The Morgan fingerprint density at radius 1 is 1.30 bits per heavy atom. The van der Waals surface area contributed by atoms with E-state index >= 15 is 0 Å². The maximum Gasteiger partial charge on any atom is 0.508 e. The smallest absolute Gasteiger partial charge is 0.461 e. The summed E-state index contributed by atoms with van der Waals surface area (Å²) in [7, 11) is 1.24. The van der Waals surface area contributed by atoms with Crippen molar-refractivity contribution in [2.75, 3.05) is 7.11 Å². The highest BCUT2D eigenvalue weighted by atomic mass is 16.7. The minimum absolute atomic E-state index is 0.0435. The van der Waals surface area contributed by atoms with E-state index in [0.717, 1.165) is 11.1 Å². The zero-order chi connectivity index (χ0) is 16.9. The summed E-state index contributed by atoms with van der Waals surface area (Å²) in [6.07, 6.45) is 0.188. The lowest BCUT2D eigenvalue weighted by molar-refractivity contribution is -0.144. The van der Waals surface area contributed by atoms with E-state index in [9.17, 15) is 14.4 Å². The van der Waals surface area contributed by atoms with Gasteiger partial charge in [-0.3, -0.25) is 9.59 Å². The number of hydrogen-bond donors (Lipinski definition) is 0. The van der Waals surface area contributed by atoms with Gasteiger partial charge in [-0.15, -0.1) is 0 Å². The molecular formula is C17H20O6. The monoisotopic (exact) mass is 320 g/mol. The summed E-state index contributed by atoms with van der Waals surface area (Å²) in [4.78, 5) is 36.0. The van der Waals surface area contributed by atoms with E-state index in [1.807, 2.05) is 13.8 Å². The van der Waals surface area contributed by atoms with Crippen LogP contribution >= 0.6 is 0 Å². The first kappa shape index (κ1) is 15.8. The van der Waals surface area contributed by atoms with Crippen molar-refractivity contribution in [1.29, 1.82) is 0 Å². The first-order chi connectivity index (χ1) is 10.8. The highest BCUT2D eigenvalue weighted by Crippen LogP contribution is 2.48. The number of methoxy groups -OCH3 is 1. The van der Waals surface area contributed by atoms with Crippen molar-refractivity contribution in [1.82, 2.24) is 0 Å². The van der Waals surface area contributed by atoms with Gasteiger partial charge in [-0.05, 0) is 19.9 Å². The molecule has 0 aromatic rings. The molecule has 1 saturated heterocycles. The number of esters is 1. The summed E-state index contributed by atoms with van der Waals surface area (Å²) in [5.41, 5.74) is 2.44. The van der Waals surface area contributed by atoms with Gasteiger partial charge in [0.1, 0.15) is 12.2 Å². The summed E-state index contributed by atoms with van der Waals surface area (Å²) < 4.78 is 15.6. The van der Waals surface area contributed by atoms with Gasteiger partial charge >= 0.3 is 12.1 Å². The van der Waals surface area contributed by atoms with Crippen LogP contribution in [0.15, 0.2) is 22.8 Å². The van der Waals surface area contributed by atoms with E-state index in [-0.39, 0.29) is 23.6 Å². The fourth-order valence-electron chi connectivity index (χ4n) is 4.08. The van der Waals surface area contributed by atoms with Crippen LogP contribution in [0.5, 0.6) is 0 Å². The van der Waals surface area contributed by atoms with Gasteiger partial charge in [0, 0.05) is 23.8 Å². The summed E-state index contributed by atoms with van der Waals surface area (Å²) in [5, 5.41) is 0. The molecular weight excluding hydrogens is 300 g/mol. The van der Waals surface area contributed by atoms with E-state index in [1.165, 1.54) is 7.11 Å². The predicted octanol–water partition coefficient (Wildman–Crippen LogP) is 2.18. The maximum atomic E-state index is 12.3. The normalized spacial score (nSPS) is 36.0. The lowest BCUT2D eigenvalue weighted by Crippen LogP contribution is -2.37. The molecule has 6 heteroatoms. The van der Waals surface area contributed by atoms with Gasteiger partial charge in [0.25, 0.3) is 0 Å². The van der Waals surface area contributed by atoms with Crippen molar-refractivity contribution in [3.05, 3.63) is 22.8 Å². The van der Waals surface area contributed by atoms with E-state index in [2.05, 4.69) is 4.74 Å². The molecule has 0 aromatic heterocycles. The van der Waals surface area contributed by atoms with Gasteiger partial charge in [0.05, 0.1) is 13.0 Å². The average molecular weight is 320 g/mol. The molecule has 1 fully saturated rings. The van der Waals surface area contributed by atoms with Crippen LogP contribution in [-0.4, -0.2) is 37.2 Å². The summed E-state index contributed by atoms with van der Waals surface area (Å²) >= 11 is 0. The zero-order valence-corrected chi connectivity index (χ0v) is 13.6. The second-order valence-electron chi connectivity index (χ2n) is 6.51. The van der Waals surface area contributed by atoms with E-state index in [0.29, 0.717) is 12.0 Å². The number of rotatable bonds is 1. The molecule has 0 N–H and O–H groups in total. The van der Waals surface area contributed by atoms with Crippen LogP contribution in [0.1, 0.15) is 27.2 Å². The van der Waals surface area contributed by atoms with Crippen molar-refractivity contribution < 1.29 is 28.6 Å². The van der Waals surface area contributed by atoms with Crippen molar-refractivity contribution in [2.45, 2.75) is 39.4 Å². The number of carbonyl (C=O) groups excluding carboxylic acids is 3. The molecule has 0 radical (unpaired) electrons. The average Bonchev–Trinajstić information content (AvgIpc) is 2.89. The molecule has 0 saturated carbocycles. The molecule has 6 nitrogen and oxygen atoms in total. The molecule has 0 bridgehead atoms. The van der Waals surface area contributed by atoms with Crippen molar-refractivity contribution in [3.8, 4) is 0 Å². The van der Waals surface area contributed by atoms with Crippen LogP contribution in [0.2, 0.25) is 0 Å². The lowest BCUT2D eigenvalue weighted by Gasteiger charge is -2.28. The van der Waals surface area contributed by atoms with Gasteiger partial charge < -0.3 is 14.2 Å². The molecule has 0 aromatic carbocycles. The molecule has 1 aliphatic heterocycles. The van der Waals surface area contributed by atoms with Crippen LogP contribution in [0.3, 0.4) is 0 Å². The number of ether oxygens (including phenoxy) is 3. The molecule has 23 heavy (non-hydrogen) atoms. The summed E-state index contributed by atoms with van der Waals surface area (Å²) in [5.74, 6) is -1.30. The molecule has 5 atom stereocenters. The Hall–Kier alpha value is -2.11. The Labute approximate surface area is 134 Å². The van der Waals surface area contributed by atoms with Crippen molar-refractivity contribution in [2.24, 2.45) is 17.8 Å². The fraction of sp³-hybridized carbons (Fsp3) is 0.588. The molecule has 3 aliphatic rings. The van der Waals surface area contributed by atoms with Crippen molar-refractivity contribution in [3.63, 3.8) is 0 Å². The van der Waals surface area contributed by atoms with Gasteiger partial charge in [-0.1, -0.05) is 18.1 Å². The summed E-state index contributed by atoms with van der Waals surface area (Å²) in [6.45, 7) is 5.52. The maximum absolute atomic E-state index is 12.3. The van der Waals surface area contributed by atoms with Crippen LogP contribution in [0.25, 0.3) is 0 Å². The molecule has 1 heterocycles. The third-order valence-electron chi connectivity index (χ3n) is 5.15. The SMILES string of the molecule is COC(=O)O[C@@H]1CC(C)=C2C(=O)C=C(C)[C@@H]2[C@@H]2OC(=O)[C@H](C)[C@@H]21. The number of fused-ring (bicyclic) bond motifs is 3. The standard InChI is InChI=1S/C17H20O6/c1-7-5-10(18)12-8(2)6-11(22-17(20)21-4)14-9(3)16(19)23-15(14)13(7)12/h5,9,11,13-15H,6H2,1-4H3/t9-,11-,13+,14-,15+/m1/s1. The quantitative estimate of drug-likeness (QED) is 0.689. The molecule has 124 valence electrons. The molecule has 0 spiro atoms. The van der Waals surface area contributed by atoms with Gasteiger partial charge in [0.15, 0.2) is 5.78 Å². The first-order valence-electron chi connectivity index (χ1n) is 7.72.